The lowest BCUT2D eigenvalue weighted by atomic mass is 9.97. The maximum Gasteiger partial charge on any atom is 0.220 e. The molecule has 0 bridgehead atoms. The molecule has 2 saturated heterocycles. The molecule has 14 nitrogen and oxygen atoms in total. The van der Waals surface area contributed by atoms with E-state index in [4.69, 9.17) is 18.9 Å². The van der Waals surface area contributed by atoms with Gasteiger partial charge in [-0.25, -0.2) is 0 Å². The monoisotopic (exact) mass is 1150 g/mol. The van der Waals surface area contributed by atoms with Gasteiger partial charge in [-0.15, -0.1) is 0 Å². The zero-order chi connectivity index (χ0) is 58.8. The Morgan fingerprint density at radius 1 is 0.444 bits per heavy atom. The molecule has 12 unspecified atom stereocenters. The van der Waals surface area contributed by atoms with Crippen LogP contribution in [0.4, 0.5) is 0 Å². The summed E-state index contributed by atoms with van der Waals surface area (Å²) >= 11 is 0. The van der Waals surface area contributed by atoms with Crippen molar-refractivity contribution in [3.8, 4) is 0 Å². The van der Waals surface area contributed by atoms with Crippen LogP contribution in [-0.2, 0) is 23.7 Å². The molecule has 0 aromatic heterocycles. The van der Waals surface area contributed by atoms with Gasteiger partial charge in [0.15, 0.2) is 12.6 Å². The smallest absolute Gasteiger partial charge is 0.220 e. The molecule has 2 aliphatic heterocycles. The van der Waals surface area contributed by atoms with E-state index in [2.05, 4.69) is 55.6 Å². The first-order valence-electron chi connectivity index (χ1n) is 33.7. The van der Waals surface area contributed by atoms with Crippen molar-refractivity contribution in [1.29, 1.82) is 0 Å². The zero-order valence-corrected chi connectivity index (χ0v) is 51.5. The van der Waals surface area contributed by atoms with Gasteiger partial charge in [-0.2, -0.15) is 0 Å². The van der Waals surface area contributed by atoms with Gasteiger partial charge in [0.05, 0.1) is 32.0 Å². The normalized spacial score (nSPS) is 24.3. The zero-order valence-electron chi connectivity index (χ0n) is 51.5. The van der Waals surface area contributed by atoms with Crippen LogP contribution < -0.4 is 5.32 Å². The van der Waals surface area contributed by atoms with Gasteiger partial charge < -0.3 is 65.1 Å². The molecule has 14 heteroatoms. The highest BCUT2D eigenvalue weighted by Crippen LogP contribution is 2.30. The largest absolute Gasteiger partial charge is 0.394 e. The van der Waals surface area contributed by atoms with Gasteiger partial charge in [-0.05, 0) is 51.4 Å². The van der Waals surface area contributed by atoms with Crippen molar-refractivity contribution in [3.05, 3.63) is 36.5 Å². The number of unbranched alkanes of at least 4 members (excludes halogenated alkanes) is 36. The van der Waals surface area contributed by atoms with Crippen molar-refractivity contribution >= 4 is 5.91 Å². The predicted molar refractivity (Wildman–Crippen MR) is 328 cm³/mol. The van der Waals surface area contributed by atoms with Gasteiger partial charge >= 0.3 is 0 Å². The number of nitrogens with one attached hydrogen (secondary N) is 1. The Bertz CT molecular complexity index is 1500. The Balaban J connectivity index is 1.45. The lowest BCUT2D eigenvalue weighted by Gasteiger charge is -2.46. The summed E-state index contributed by atoms with van der Waals surface area (Å²) in [5, 5.41) is 86.8. The van der Waals surface area contributed by atoms with Crippen molar-refractivity contribution < 1.29 is 64.6 Å². The maximum absolute atomic E-state index is 13.2. The second-order valence-corrected chi connectivity index (χ2v) is 24.0. The second kappa shape index (κ2) is 52.5. The van der Waals surface area contributed by atoms with Crippen LogP contribution in [0, 0.1) is 0 Å². The number of carbonyl (C=O) groups excluding carboxylic acids is 1. The van der Waals surface area contributed by atoms with Crippen LogP contribution in [0.25, 0.3) is 0 Å². The van der Waals surface area contributed by atoms with E-state index in [0.717, 1.165) is 77.0 Å². The summed E-state index contributed by atoms with van der Waals surface area (Å²) in [4.78, 5) is 13.2. The number of ether oxygens (including phenoxy) is 4. The Morgan fingerprint density at radius 3 is 1.25 bits per heavy atom. The number of allylic oxidation sites excluding steroid dienone is 6. The highest BCUT2D eigenvalue weighted by molar-refractivity contribution is 5.76. The Kier molecular flexibility index (Phi) is 48.8. The van der Waals surface area contributed by atoms with E-state index in [-0.39, 0.29) is 12.5 Å². The van der Waals surface area contributed by atoms with Gasteiger partial charge in [0.25, 0.3) is 0 Å². The van der Waals surface area contributed by atoms with Crippen LogP contribution >= 0.6 is 0 Å². The number of aliphatic hydroxyl groups is 8. The third-order valence-electron chi connectivity index (χ3n) is 16.6. The topological polar surface area (TPSA) is 228 Å². The Labute approximate surface area is 493 Å². The summed E-state index contributed by atoms with van der Waals surface area (Å²) in [6.07, 6.45) is 49.7. The average molecular weight is 1150 g/mol. The van der Waals surface area contributed by atoms with Gasteiger partial charge in [-0.3, -0.25) is 4.79 Å². The fourth-order valence-electron chi connectivity index (χ4n) is 11.2. The van der Waals surface area contributed by atoms with Gasteiger partial charge in [0.1, 0.15) is 48.8 Å². The summed E-state index contributed by atoms with van der Waals surface area (Å²) in [6, 6.07) is -0.823. The molecule has 9 N–H and O–H groups in total. The Morgan fingerprint density at radius 2 is 0.815 bits per heavy atom. The van der Waals surface area contributed by atoms with E-state index in [1.165, 1.54) is 186 Å². The molecule has 476 valence electrons. The number of hydrogen-bond acceptors (Lipinski definition) is 13. The summed E-state index contributed by atoms with van der Waals surface area (Å²) in [5.41, 5.74) is 0. The van der Waals surface area contributed by atoms with E-state index in [9.17, 15) is 45.6 Å². The fraction of sp³-hybridized carbons (Fsp3) is 0.896. The molecule has 0 saturated carbocycles. The molecule has 0 spiro atoms. The SMILES string of the molecule is CCCCCCC/C=C\C/C=C\C/C=C\CCCCCCCCCCCCCCCCCCCCCCCCCCCCC(=O)NC(COC1OC(CO)C(OC2OC(CO)C(O)C(O)C2O)C(O)C1O)C(O)CCCCCCCC. The highest BCUT2D eigenvalue weighted by atomic mass is 16.7. The molecule has 0 radical (unpaired) electrons. The van der Waals surface area contributed by atoms with Gasteiger partial charge in [0.2, 0.25) is 5.91 Å². The van der Waals surface area contributed by atoms with Crippen LogP contribution in [0.15, 0.2) is 36.5 Å². The molecule has 0 aliphatic carbocycles. The van der Waals surface area contributed by atoms with Crippen LogP contribution in [-0.4, -0.2) is 140 Å². The van der Waals surface area contributed by atoms with E-state index >= 15 is 0 Å². The molecule has 0 aromatic rings. The number of carbonyl (C=O) groups is 1. The minimum Gasteiger partial charge on any atom is -0.394 e. The van der Waals surface area contributed by atoms with Crippen molar-refractivity contribution in [2.24, 2.45) is 0 Å². The molecule has 0 aromatic carbocycles. The molecule has 2 fully saturated rings. The molecule has 1 amide bonds. The molecule has 2 rings (SSSR count). The third kappa shape index (κ3) is 37.4. The molecular weight excluding hydrogens is 1030 g/mol. The van der Waals surface area contributed by atoms with Crippen LogP contribution in [0.5, 0.6) is 0 Å². The van der Waals surface area contributed by atoms with E-state index < -0.39 is 86.8 Å². The van der Waals surface area contributed by atoms with E-state index in [0.29, 0.717) is 12.8 Å². The minimum atomic E-state index is -1.78. The lowest BCUT2D eigenvalue weighted by molar-refractivity contribution is -0.359. The second-order valence-electron chi connectivity index (χ2n) is 24.0. The minimum absolute atomic E-state index is 0.208. The Hall–Kier alpha value is -1.79. The first kappa shape index (κ1) is 75.3. The molecule has 81 heavy (non-hydrogen) atoms. The number of rotatable bonds is 55. The lowest BCUT2D eigenvalue weighted by Crippen LogP contribution is -2.65. The summed E-state index contributed by atoms with van der Waals surface area (Å²) < 4.78 is 22.7. The first-order chi connectivity index (χ1) is 39.6. The quantitative estimate of drug-likeness (QED) is 0.0204. The van der Waals surface area contributed by atoms with Crippen molar-refractivity contribution in [2.45, 2.75) is 364 Å². The molecule has 2 heterocycles. The summed E-state index contributed by atoms with van der Waals surface area (Å²) in [5.74, 6) is -0.208. The number of aliphatic hydroxyl groups excluding tert-OH is 8. The molecule has 2 aliphatic rings. The van der Waals surface area contributed by atoms with Crippen molar-refractivity contribution in [1.82, 2.24) is 5.32 Å². The first-order valence-corrected chi connectivity index (χ1v) is 33.7. The molecule has 12 atom stereocenters. The number of hydrogen-bond donors (Lipinski definition) is 9. The van der Waals surface area contributed by atoms with Crippen molar-refractivity contribution in [2.75, 3.05) is 19.8 Å². The van der Waals surface area contributed by atoms with E-state index in [1.54, 1.807) is 0 Å². The fourth-order valence-corrected chi connectivity index (χ4v) is 11.2. The standard InChI is InChI=1S/C67H125NO13/c1-3-5-7-9-11-12-13-14-15-16-17-18-19-20-21-22-23-24-25-26-27-28-29-30-31-32-33-34-35-36-37-38-39-40-41-42-43-44-45-47-49-51-59(72)68-55(56(71)50-48-46-10-8-6-4-2)54-78-66-64(77)62(75)65(58(53-70)80-66)81-67-63(76)61(74)60(73)57(52-69)79-67/h13-14,16-17,19-20,55-58,60-67,69-71,73-77H,3-12,15,18,21-54H2,1-2H3,(H,68,72)/b14-13-,17-16-,20-19-. The maximum atomic E-state index is 13.2. The summed E-state index contributed by atoms with van der Waals surface area (Å²) in [7, 11) is 0. The number of amides is 1. The van der Waals surface area contributed by atoms with Gasteiger partial charge in [0, 0.05) is 6.42 Å². The molecular formula is C67H125NO13. The van der Waals surface area contributed by atoms with Crippen LogP contribution in [0.1, 0.15) is 290 Å². The van der Waals surface area contributed by atoms with E-state index in [1.807, 2.05) is 0 Å². The highest BCUT2D eigenvalue weighted by Gasteiger charge is 2.51. The average Bonchev–Trinajstić information content (AvgIpc) is 3.55. The summed E-state index contributed by atoms with van der Waals surface area (Å²) in [6.45, 7) is 2.79. The van der Waals surface area contributed by atoms with Gasteiger partial charge in [-0.1, -0.05) is 269 Å². The van der Waals surface area contributed by atoms with Crippen LogP contribution in [0.2, 0.25) is 0 Å². The third-order valence-corrected chi connectivity index (χ3v) is 16.6. The van der Waals surface area contributed by atoms with Crippen LogP contribution in [0.3, 0.4) is 0 Å². The van der Waals surface area contributed by atoms with Crippen molar-refractivity contribution in [3.63, 3.8) is 0 Å². The predicted octanol–water partition coefficient (Wildman–Crippen LogP) is 13.0.